The Morgan fingerprint density at radius 1 is 1.21 bits per heavy atom. The summed E-state index contributed by atoms with van der Waals surface area (Å²) in [6, 6.07) is 6.17. The third kappa shape index (κ3) is 3.99. The van der Waals surface area contributed by atoms with Crippen molar-refractivity contribution in [3.05, 3.63) is 29.3 Å². The summed E-state index contributed by atoms with van der Waals surface area (Å²) < 4.78 is 5.52. The normalized spacial score (nSPS) is 9.36. The van der Waals surface area contributed by atoms with Crippen molar-refractivity contribution >= 4 is 12.4 Å². The van der Waals surface area contributed by atoms with E-state index in [4.69, 9.17) is 4.74 Å². The molecule has 3 heteroatoms. The Balaban J connectivity index is 0.00000169. The highest BCUT2D eigenvalue weighted by Crippen LogP contribution is 2.15. The van der Waals surface area contributed by atoms with Gasteiger partial charge in [-0.1, -0.05) is 6.07 Å². The Labute approximate surface area is 92.1 Å². The van der Waals surface area contributed by atoms with Crippen molar-refractivity contribution in [2.24, 2.45) is 0 Å². The molecule has 0 unspecified atom stereocenters. The van der Waals surface area contributed by atoms with Gasteiger partial charge < -0.3 is 10.1 Å². The molecule has 1 N–H and O–H groups in total. The molecule has 2 nitrogen and oxygen atoms in total. The van der Waals surface area contributed by atoms with Gasteiger partial charge in [0.2, 0.25) is 0 Å². The van der Waals surface area contributed by atoms with Crippen molar-refractivity contribution < 1.29 is 4.74 Å². The van der Waals surface area contributed by atoms with Gasteiger partial charge in [0.1, 0.15) is 12.4 Å². The van der Waals surface area contributed by atoms with Crippen molar-refractivity contribution in [2.45, 2.75) is 13.8 Å². The van der Waals surface area contributed by atoms with Crippen LogP contribution in [-0.2, 0) is 0 Å². The lowest BCUT2D eigenvalue weighted by Gasteiger charge is -2.07. The van der Waals surface area contributed by atoms with Gasteiger partial charge in [0, 0.05) is 6.54 Å². The third-order valence-corrected chi connectivity index (χ3v) is 2.10. The minimum Gasteiger partial charge on any atom is -0.492 e. The first-order valence-electron chi connectivity index (χ1n) is 4.58. The Morgan fingerprint density at radius 2 is 1.93 bits per heavy atom. The fraction of sp³-hybridized carbons (Fsp3) is 0.455. The molecule has 80 valence electrons. The van der Waals surface area contributed by atoms with Gasteiger partial charge in [0.15, 0.2) is 0 Å². The molecule has 0 spiro atoms. The summed E-state index contributed by atoms with van der Waals surface area (Å²) in [5.41, 5.74) is 2.59. The van der Waals surface area contributed by atoms with Gasteiger partial charge in [-0.2, -0.15) is 0 Å². The smallest absolute Gasteiger partial charge is 0.119 e. The highest BCUT2D eigenvalue weighted by Gasteiger charge is 1.95. The van der Waals surface area contributed by atoms with E-state index in [0.29, 0.717) is 0 Å². The van der Waals surface area contributed by atoms with Crippen LogP contribution in [0.15, 0.2) is 18.2 Å². The first-order valence-corrected chi connectivity index (χ1v) is 4.58. The lowest BCUT2D eigenvalue weighted by atomic mass is 10.1. The number of ether oxygens (including phenoxy) is 1. The predicted molar refractivity (Wildman–Crippen MR) is 62.6 cm³/mol. The Morgan fingerprint density at radius 3 is 2.50 bits per heavy atom. The summed E-state index contributed by atoms with van der Waals surface area (Å²) in [5, 5.41) is 3.04. The van der Waals surface area contributed by atoms with Crippen molar-refractivity contribution in [3.8, 4) is 5.75 Å². The summed E-state index contributed by atoms with van der Waals surface area (Å²) in [5.74, 6) is 0.957. The highest BCUT2D eigenvalue weighted by molar-refractivity contribution is 5.85. The molecule has 0 aliphatic rings. The van der Waals surface area contributed by atoms with Crippen LogP contribution in [0, 0.1) is 13.8 Å². The molecular weight excluding hydrogens is 198 g/mol. The average molecular weight is 216 g/mol. The van der Waals surface area contributed by atoms with Crippen LogP contribution < -0.4 is 10.1 Å². The zero-order valence-corrected chi connectivity index (χ0v) is 9.78. The van der Waals surface area contributed by atoms with E-state index in [0.717, 1.165) is 18.9 Å². The van der Waals surface area contributed by atoms with E-state index >= 15 is 0 Å². The highest BCUT2D eigenvalue weighted by atomic mass is 35.5. The van der Waals surface area contributed by atoms with E-state index in [1.165, 1.54) is 11.1 Å². The number of benzene rings is 1. The summed E-state index contributed by atoms with van der Waals surface area (Å²) in [7, 11) is 1.92. The largest absolute Gasteiger partial charge is 0.492 e. The van der Waals surface area contributed by atoms with E-state index in [1.54, 1.807) is 0 Å². The maximum atomic E-state index is 5.52. The summed E-state index contributed by atoms with van der Waals surface area (Å²) >= 11 is 0. The van der Waals surface area contributed by atoms with Crippen LogP contribution in [0.25, 0.3) is 0 Å². The van der Waals surface area contributed by atoms with E-state index in [9.17, 15) is 0 Å². The second-order valence-electron chi connectivity index (χ2n) is 3.20. The first-order chi connectivity index (χ1) is 6.24. The van der Waals surface area contributed by atoms with Gasteiger partial charge in [0.25, 0.3) is 0 Å². The average Bonchev–Trinajstić information content (AvgIpc) is 2.12. The summed E-state index contributed by atoms with van der Waals surface area (Å²) in [6.07, 6.45) is 0. The maximum absolute atomic E-state index is 5.52. The Hall–Kier alpha value is -0.730. The molecule has 0 heterocycles. The van der Waals surface area contributed by atoms with Crippen molar-refractivity contribution in [1.82, 2.24) is 5.32 Å². The molecule has 0 atom stereocenters. The molecule has 1 rings (SSSR count). The third-order valence-electron chi connectivity index (χ3n) is 2.10. The minimum absolute atomic E-state index is 0. The molecule has 0 amide bonds. The van der Waals surface area contributed by atoms with Gasteiger partial charge in [-0.3, -0.25) is 0 Å². The van der Waals surface area contributed by atoms with Crippen LogP contribution >= 0.6 is 12.4 Å². The van der Waals surface area contributed by atoms with E-state index in [-0.39, 0.29) is 12.4 Å². The maximum Gasteiger partial charge on any atom is 0.119 e. The van der Waals surface area contributed by atoms with Crippen molar-refractivity contribution in [1.29, 1.82) is 0 Å². The molecule has 0 aliphatic carbocycles. The van der Waals surface area contributed by atoms with Crippen LogP contribution in [-0.4, -0.2) is 20.2 Å². The summed E-state index contributed by atoms with van der Waals surface area (Å²) in [4.78, 5) is 0. The summed E-state index contributed by atoms with van der Waals surface area (Å²) in [6.45, 7) is 5.80. The van der Waals surface area contributed by atoms with Gasteiger partial charge >= 0.3 is 0 Å². The van der Waals surface area contributed by atoms with E-state index < -0.39 is 0 Å². The Bertz CT molecular complexity index is 276. The Kier molecular flexibility index (Phi) is 6.34. The molecule has 14 heavy (non-hydrogen) atoms. The first kappa shape index (κ1) is 13.3. The molecule has 0 fully saturated rings. The number of likely N-dealkylation sites (N-methyl/N-ethyl adjacent to an activating group) is 1. The molecule has 0 saturated carbocycles. The quantitative estimate of drug-likeness (QED) is 0.779. The topological polar surface area (TPSA) is 21.3 Å². The zero-order valence-electron chi connectivity index (χ0n) is 8.96. The van der Waals surface area contributed by atoms with Crippen LogP contribution in [0.2, 0.25) is 0 Å². The molecule has 0 aromatic heterocycles. The lowest BCUT2D eigenvalue weighted by molar-refractivity contribution is 0.318. The predicted octanol–water partition coefficient (Wildman–Crippen LogP) is 2.32. The number of hydrogen-bond donors (Lipinski definition) is 1. The molecule has 0 radical (unpaired) electrons. The number of rotatable bonds is 4. The fourth-order valence-electron chi connectivity index (χ4n) is 1.07. The molecule has 1 aromatic rings. The second-order valence-corrected chi connectivity index (χ2v) is 3.20. The zero-order chi connectivity index (χ0) is 9.68. The number of nitrogens with one attached hydrogen (secondary N) is 1. The SMILES string of the molecule is CNCCOc1ccc(C)c(C)c1.Cl. The van der Waals surface area contributed by atoms with Gasteiger partial charge in [-0.25, -0.2) is 0 Å². The molecule has 0 bridgehead atoms. The standard InChI is InChI=1S/C11H17NO.ClH/c1-9-4-5-11(8-10(9)2)13-7-6-12-3;/h4-5,8,12H,6-7H2,1-3H3;1H. The van der Waals surface area contributed by atoms with E-state index in [2.05, 4.69) is 31.3 Å². The number of hydrogen-bond acceptors (Lipinski definition) is 2. The molecule has 0 aliphatic heterocycles. The second kappa shape index (κ2) is 6.68. The van der Waals surface area contributed by atoms with Crippen molar-refractivity contribution in [3.63, 3.8) is 0 Å². The lowest BCUT2D eigenvalue weighted by Crippen LogP contribution is -2.15. The monoisotopic (exact) mass is 215 g/mol. The van der Waals surface area contributed by atoms with E-state index in [1.807, 2.05) is 13.1 Å². The number of aryl methyl sites for hydroxylation is 2. The van der Waals surface area contributed by atoms with Gasteiger partial charge in [-0.15, -0.1) is 12.4 Å². The minimum atomic E-state index is 0. The van der Waals surface area contributed by atoms with Crippen LogP contribution in [0.4, 0.5) is 0 Å². The van der Waals surface area contributed by atoms with Crippen LogP contribution in [0.1, 0.15) is 11.1 Å². The molecule has 0 saturated heterocycles. The van der Waals surface area contributed by atoms with Gasteiger partial charge in [0.05, 0.1) is 0 Å². The van der Waals surface area contributed by atoms with Crippen LogP contribution in [0.5, 0.6) is 5.75 Å². The van der Waals surface area contributed by atoms with Crippen LogP contribution in [0.3, 0.4) is 0 Å². The van der Waals surface area contributed by atoms with Gasteiger partial charge in [-0.05, 0) is 44.2 Å². The molecule has 1 aromatic carbocycles. The molecular formula is C11H18ClNO. The fourth-order valence-corrected chi connectivity index (χ4v) is 1.07. The number of halogens is 1. The van der Waals surface area contributed by atoms with Crippen molar-refractivity contribution in [2.75, 3.05) is 20.2 Å².